The lowest BCUT2D eigenvalue weighted by molar-refractivity contribution is -0.157. The van der Waals surface area contributed by atoms with Gasteiger partial charge in [-0.1, -0.05) is 6.92 Å². The van der Waals surface area contributed by atoms with Crippen LogP contribution in [0.15, 0.2) is 34.3 Å². The maximum atomic E-state index is 13.3. The number of allylic oxidation sites excluding steroid dienone is 1. The van der Waals surface area contributed by atoms with E-state index in [1.54, 1.807) is 13.8 Å². The van der Waals surface area contributed by atoms with Crippen LogP contribution in [0.5, 0.6) is 0 Å². The second-order valence-electron chi connectivity index (χ2n) is 8.66. The van der Waals surface area contributed by atoms with Crippen LogP contribution in [0.25, 0.3) is 0 Å². The number of carbonyl (C=O) groups excluding carboxylic acids is 3. The van der Waals surface area contributed by atoms with Crippen molar-refractivity contribution in [2.45, 2.75) is 45.3 Å². The topological polar surface area (TPSA) is 136 Å². The summed E-state index contributed by atoms with van der Waals surface area (Å²) in [5, 5.41) is 22.1. The fraction of sp³-hybridized carbons (Fsp3) is 0.571. The maximum Gasteiger partial charge on any atom is 0.340 e. The lowest BCUT2D eigenvalue weighted by atomic mass is 9.53. The summed E-state index contributed by atoms with van der Waals surface area (Å²) in [6, 6.07) is 0. The van der Waals surface area contributed by atoms with Gasteiger partial charge in [-0.25, -0.2) is 4.79 Å². The van der Waals surface area contributed by atoms with E-state index in [1.807, 2.05) is 0 Å². The van der Waals surface area contributed by atoms with Gasteiger partial charge in [0.05, 0.1) is 23.7 Å². The molecule has 5 atom stereocenters. The molecule has 0 aromatic rings. The van der Waals surface area contributed by atoms with Gasteiger partial charge < -0.3 is 25.4 Å². The first kappa shape index (κ1) is 19.8. The summed E-state index contributed by atoms with van der Waals surface area (Å²) in [5.41, 5.74) is 4.15. The highest BCUT2D eigenvalue weighted by Gasteiger charge is 2.63. The van der Waals surface area contributed by atoms with Gasteiger partial charge in [-0.05, 0) is 25.3 Å². The Morgan fingerprint density at radius 1 is 1.31 bits per heavy atom. The molecule has 1 heterocycles. The average Bonchev–Trinajstić information content (AvgIpc) is 2.95. The molecule has 2 fully saturated rings. The van der Waals surface area contributed by atoms with Gasteiger partial charge in [0.25, 0.3) is 0 Å². The Balaban J connectivity index is 2.02. The highest BCUT2D eigenvalue weighted by atomic mass is 16.6. The van der Waals surface area contributed by atoms with Gasteiger partial charge in [-0.2, -0.15) is 0 Å². The summed E-state index contributed by atoms with van der Waals surface area (Å²) >= 11 is 0. The van der Waals surface area contributed by atoms with Crippen LogP contribution in [0.4, 0.5) is 0 Å². The number of nitrogens with two attached hydrogens (primary N) is 1. The Morgan fingerprint density at radius 2 is 2.00 bits per heavy atom. The fourth-order valence-electron chi connectivity index (χ4n) is 5.85. The van der Waals surface area contributed by atoms with Crippen molar-refractivity contribution >= 4 is 17.5 Å². The van der Waals surface area contributed by atoms with Crippen LogP contribution in [-0.4, -0.2) is 53.7 Å². The molecule has 0 unspecified atom stereocenters. The minimum Gasteiger partial charge on any atom is -0.504 e. The van der Waals surface area contributed by atoms with Crippen molar-refractivity contribution in [1.29, 1.82) is 0 Å². The Labute approximate surface area is 168 Å². The van der Waals surface area contributed by atoms with Gasteiger partial charge in [0, 0.05) is 42.2 Å². The average molecular weight is 403 g/mol. The van der Waals surface area contributed by atoms with Crippen molar-refractivity contribution < 1.29 is 34.1 Å². The number of fused-ring (bicyclic) bond motifs is 4. The van der Waals surface area contributed by atoms with Gasteiger partial charge in [0.1, 0.15) is 11.9 Å². The molecular weight excluding hydrogens is 378 g/mol. The molecule has 0 aromatic carbocycles. The van der Waals surface area contributed by atoms with E-state index >= 15 is 0 Å². The van der Waals surface area contributed by atoms with Crippen molar-refractivity contribution in [2.75, 3.05) is 13.7 Å². The number of aliphatic hydroxyl groups excluding tert-OH is 2. The van der Waals surface area contributed by atoms with Crippen molar-refractivity contribution in [1.82, 2.24) is 0 Å². The third-order valence-electron chi connectivity index (χ3n) is 7.30. The summed E-state index contributed by atoms with van der Waals surface area (Å²) in [5.74, 6) is -2.42. The van der Waals surface area contributed by atoms with Gasteiger partial charge >= 0.3 is 5.97 Å². The van der Waals surface area contributed by atoms with E-state index in [0.29, 0.717) is 18.4 Å². The number of aliphatic hydroxyl groups is 2. The summed E-state index contributed by atoms with van der Waals surface area (Å²) < 4.78 is 10.8. The third-order valence-corrected chi connectivity index (χ3v) is 7.30. The van der Waals surface area contributed by atoms with E-state index in [0.717, 1.165) is 6.20 Å². The molecule has 8 nitrogen and oxygen atoms in total. The number of Topliss-reactive ketones (excluding diaryl/α,β-unsaturated/α-hetero) is 2. The molecule has 0 spiro atoms. The molecular formula is C21H25NO7. The number of hydrogen-bond acceptors (Lipinski definition) is 8. The van der Waals surface area contributed by atoms with Crippen LogP contribution >= 0.6 is 0 Å². The molecule has 0 radical (unpaired) electrons. The van der Waals surface area contributed by atoms with Gasteiger partial charge in [-0.3, -0.25) is 9.59 Å². The predicted molar refractivity (Wildman–Crippen MR) is 100 cm³/mol. The first-order valence-electron chi connectivity index (χ1n) is 9.69. The van der Waals surface area contributed by atoms with Gasteiger partial charge in [-0.15, -0.1) is 0 Å². The molecule has 4 aliphatic rings. The molecule has 29 heavy (non-hydrogen) atoms. The van der Waals surface area contributed by atoms with E-state index in [2.05, 4.69) is 0 Å². The smallest absolute Gasteiger partial charge is 0.340 e. The quantitative estimate of drug-likeness (QED) is 0.456. The summed E-state index contributed by atoms with van der Waals surface area (Å²) in [6.07, 6.45) is -0.0278. The molecule has 156 valence electrons. The van der Waals surface area contributed by atoms with Crippen LogP contribution in [0.3, 0.4) is 0 Å². The second kappa shape index (κ2) is 6.27. The second-order valence-corrected chi connectivity index (χ2v) is 8.66. The maximum absolute atomic E-state index is 13.3. The fourth-order valence-corrected chi connectivity index (χ4v) is 5.85. The number of esters is 1. The monoisotopic (exact) mass is 403 g/mol. The molecule has 4 rings (SSSR count). The predicted octanol–water partition coefficient (Wildman–Crippen LogP) is 0.848. The number of hydrogen-bond donors (Lipinski definition) is 3. The molecule has 0 amide bonds. The molecule has 0 aromatic heterocycles. The molecule has 8 heteroatoms. The van der Waals surface area contributed by atoms with Gasteiger partial charge in [0.15, 0.2) is 5.76 Å². The highest BCUT2D eigenvalue weighted by Crippen LogP contribution is 2.61. The summed E-state index contributed by atoms with van der Waals surface area (Å²) in [7, 11) is 1.45. The zero-order chi connectivity index (χ0) is 21.3. The molecule has 1 saturated heterocycles. The number of methoxy groups -OCH3 is 1. The van der Waals surface area contributed by atoms with Crippen molar-refractivity contribution in [2.24, 2.45) is 22.5 Å². The zero-order valence-corrected chi connectivity index (χ0v) is 16.7. The van der Waals surface area contributed by atoms with Crippen molar-refractivity contribution in [3.63, 3.8) is 0 Å². The lowest BCUT2D eigenvalue weighted by Gasteiger charge is -2.52. The van der Waals surface area contributed by atoms with Crippen LogP contribution in [0.2, 0.25) is 0 Å². The van der Waals surface area contributed by atoms with Crippen LogP contribution in [0.1, 0.15) is 33.1 Å². The minimum atomic E-state index is -1.21. The SMILES string of the molecule is COC[C@H]1OC(=O)/C(=C/N)C2=C(O)C(=O)C3=C([C@H](O)C[C@]4(C)C(=O)CC[C@H]34)[C@]21C. The lowest BCUT2D eigenvalue weighted by Crippen LogP contribution is -2.56. The number of cyclic esters (lactones) is 1. The molecule has 0 bridgehead atoms. The van der Waals surface area contributed by atoms with Crippen LogP contribution in [-0.2, 0) is 23.9 Å². The minimum absolute atomic E-state index is 0.00454. The molecule has 1 aliphatic heterocycles. The third kappa shape index (κ3) is 2.30. The largest absolute Gasteiger partial charge is 0.504 e. The number of carbonyl (C=O) groups is 3. The van der Waals surface area contributed by atoms with Crippen LogP contribution in [0, 0.1) is 16.7 Å². The summed E-state index contributed by atoms with van der Waals surface area (Å²) in [6.45, 7) is 3.47. The summed E-state index contributed by atoms with van der Waals surface area (Å²) in [4.78, 5) is 38.3. The van der Waals surface area contributed by atoms with Crippen molar-refractivity contribution in [3.05, 3.63) is 34.3 Å². The van der Waals surface area contributed by atoms with E-state index in [-0.39, 0.29) is 35.5 Å². The van der Waals surface area contributed by atoms with E-state index in [1.165, 1.54) is 7.11 Å². The van der Waals surface area contributed by atoms with E-state index in [9.17, 15) is 24.6 Å². The number of ether oxygens (including phenoxy) is 2. The Hall–Kier alpha value is -2.45. The zero-order valence-electron chi connectivity index (χ0n) is 16.7. The Morgan fingerprint density at radius 3 is 2.62 bits per heavy atom. The number of ketones is 2. The molecule has 1 saturated carbocycles. The van der Waals surface area contributed by atoms with E-state index < -0.39 is 46.5 Å². The standard InChI is InChI=1S/C21H25NO7/c1-20-6-11(23)16-14(10(20)4-5-12(20)24)17(25)18(26)15-9(7-22)19(27)29-13(8-28-3)21(15,16)2/h7,10-11,13,23,26H,4-6,8,22H2,1-3H3/b9-7+/t10-,11-,13-,20+,21+/m1/s1. The van der Waals surface area contributed by atoms with Crippen molar-refractivity contribution in [3.8, 4) is 0 Å². The van der Waals surface area contributed by atoms with Crippen LogP contribution < -0.4 is 5.73 Å². The first-order valence-corrected chi connectivity index (χ1v) is 9.69. The normalized spacial score (nSPS) is 40.8. The Kier molecular flexibility index (Phi) is 4.29. The first-order chi connectivity index (χ1) is 13.6. The van der Waals surface area contributed by atoms with E-state index in [4.69, 9.17) is 15.2 Å². The molecule has 3 aliphatic carbocycles. The Bertz CT molecular complexity index is 929. The number of rotatable bonds is 2. The van der Waals surface area contributed by atoms with Gasteiger partial charge in [0.2, 0.25) is 5.78 Å². The highest BCUT2D eigenvalue weighted by molar-refractivity contribution is 6.13. The molecule has 4 N–H and O–H groups in total.